The largest absolute Gasteiger partial charge is 0.395 e. The summed E-state index contributed by atoms with van der Waals surface area (Å²) in [6.45, 7) is 2.11. The molecular weight excluding hydrogens is 214 g/mol. The molecule has 1 unspecified atom stereocenters. The lowest BCUT2D eigenvalue weighted by Crippen LogP contribution is -2.37. The van der Waals surface area contributed by atoms with E-state index >= 15 is 0 Å². The first-order valence-electron chi connectivity index (χ1n) is 7.26. The highest BCUT2D eigenvalue weighted by Gasteiger charge is 2.12. The van der Waals surface area contributed by atoms with Gasteiger partial charge in [0.1, 0.15) is 0 Å². The minimum absolute atomic E-state index is 0.126. The molecule has 0 fully saturated rings. The Kier molecular flexibility index (Phi) is 12.3. The summed E-state index contributed by atoms with van der Waals surface area (Å²) >= 11 is 0. The van der Waals surface area contributed by atoms with Crippen LogP contribution in [0.25, 0.3) is 0 Å². The zero-order valence-corrected chi connectivity index (χ0v) is 11.4. The van der Waals surface area contributed by atoms with E-state index in [1.165, 1.54) is 51.4 Å². The molecule has 0 saturated carbocycles. The van der Waals surface area contributed by atoms with Crippen LogP contribution in [0.3, 0.4) is 0 Å². The van der Waals surface area contributed by atoms with Crippen molar-refractivity contribution in [3.63, 3.8) is 0 Å². The van der Waals surface area contributed by atoms with E-state index in [2.05, 4.69) is 6.92 Å². The molecule has 0 aromatic heterocycles. The van der Waals surface area contributed by atoms with Gasteiger partial charge in [0.15, 0.2) is 0 Å². The standard InChI is InChI=1S/C14H31NO2/c1-2-3-4-5-6-7-8-9-10-11-14(17)13(15)12-16/h13-14,16-17H,2-12,15H2,1H3/t13-,14?/m0/s1. The second-order valence-electron chi connectivity index (χ2n) is 5.03. The number of hydrogen-bond acceptors (Lipinski definition) is 3. The highest BCUT2D eigenvalue weighted by Crippen LogP contribution is 2.11. The van der Waals surface area contributed by atoms with E-state index in [1.54, 1.807) is 0 Å². The van der Waals surface area contributed by atoms with Crippen molar-refractivity contribution in [2.75, 3.05) is 6.61 Å². The molecule has 0 bridgehead atoms. The molecule has 104 valence electrons. The van der Waals surface area contributed by atoms with Gasteiger partial charge in [0.25, 0.3) is 0 Å². The Labute approximate surface area is 106 Å². The fraction of sp³-hybridized carbons (Fsp3) is 1.00. The first-order valence-corrected chi connectivity index (χ1v) is 7.26. The first-order chi connectivity index (χ1) is 8.22. The Hall–Kier alpha value is -0.120. The van der Waals surface area contributed by atoms with Gasteiger partial charge < -0.3 is 15.9 Å². The van der Waals surface area contributed by atoms with Crippen LogP contribution >= 0.6 is 0 Å². The maximum absolute atomic E-state index is 9.53. The summed E-state index contributed by atoms with van der Waals surface area (Å²) in [5, 5.41) is 18.3. The summed E-state index contributed by atoms with van der Waals surface area (Å²) in [5.41, 5.74) is 5.53. The van der Waals surface area contributed by atoms with Crippen LogP contribution in [0.1, 0.15) is 71.1 Å². The van der Waals surface area contributed by atoms with Gasteiger partial charge in [-0.2, -0.15) is 0 Å². The van der Waals surface area contributed by atoms with Crippen molar-refractivity contribution in [1.29, 1.82) is 0 Å². The molecule has 0 aromatic carbocycles. The molecule has 0 aliphatic rings. The Morgan fingerprint density at radius 3 is 1.82 bits per heavy atom. The second-order valence-corrected chi connectivity index (χ2v) is 5.03. The van der Waals surface area contributed by atoms with Crippen LogP contribution < -0.4 is 5.73 Å². The molecule has 0 spiro atoms. The molecule has 2 atom stereocenters. The second kappa shape index (κ2) is 12.3. The monoisotopic (exact) mass is 245 g/mol. The minimum atomic E-state index is -0.537. The van der Waals surface area contributed by atoms with Crippen LogP contribution in [-0.2, 0) is 0 Å². The van der Waals surface area contributed by atoms with E-state index in [9.17, 15) is 5.11 Å². The molecule has 17 heavy (non-hydrogen) atoms. The van der Waals surface area contributed by atoms with Crippen LogP contribution in [-0.4, -0.2) is 29.0 Å². The lowest BCUT2D eigenvalue weighted by atomic mass is 10.0. The first kappa shape index (κ1) is 16.9. The Morgan fingerprint density at radius 2 is 1.35 bits per heavy atom. The van der Waals surface area contributed by atoms with E-state index in [4.69, 9.17) is 10.8 Å². The summed E-state index contributed by atoms with van der Waals surface area (Å²) in [5.74, 6) is 0. The third-order valence-corrected chi connectivity index (χ3v) is 3.31. The average Bonchev–Trinajstić information content (AvgIpc) is 2.35. The Balaban J connectivity index is 3.13. The molecule has 3 heteroatoms. The molecule has 4 N–H and O–H groups in total. The lowest BCUT2D eigenvalue weighted by Gasteiger charge is -2.15. The zero-order chi connectivity index (χ0) is 12.9. The third kappa shape index (κ3) is 10.7. The number of nitrogens with two attached hydrogens (primary N) is 1. The number of rotatable bonds is 12. The predicted molar refractivity (Wildman–Crippen MR) is 72.9 cm³/mol. The third-order valence-electron chi connectivity index (χ3n) is 3.31. The fourth-order valence-electron chi connectivity index (χ4n) is 2.00. The highest BCUT2D eigenvalue weighted by atomic mass is 16.3. The van der Waals surface area contributed by atoms with Crippen LogP contribution in [0.2, 0.25) is 0 Å². The number of unbranched alkanes of at least 4 members (excludes halogenated alkanes) is 8. The quantitative estimate of drug-likeness (QED) is 0.463. The van der Waals surface area contributed by atoms with Gasteiger partial charge in [-0.3, -0.25) is 0 Å². The summed E-state index contributed by atoms with van der Waals surface area (Å²) in [7, 11) is 0. The maximum Gasteiger partial charge on any atom is 0.0713 e. The zero-order valence-electron chi connectivity index (χ0n) is 11.4. The van der Waals surface area contributed by atoms with E-state index < -0.39 is 12.1 Å². The smallest absolute Gasteiger partial charge is 0.0713 e. The van der Waals surface area contributed by atoms with Crippen LogP contribution in [0, 0.1) is 0 Å². The number of aliphatic hydroxyl groups excluding tert-OH is 2. The van der Waals surface area contributed by atoms with Gasteiger partial charge >= 0.3 is 0 Å². The van der Waals surface area contributed by atoms with Crippen molar-refractivity contribution in [2.24, 2.45) is 5.73 Å². The molecule has 0 heterocycles. The normalized spacial score (nSPS) is 14.8. The van der Waals surface area contributed by atoms with Crippen LogP contribution in [0.4, 0.5) is 0 Å². The average molecular weight is 245 g/mol. The molecule has 0 aromatic rings. The highest BCUT2D eigenvalue weighted by molar-refractivity contribution is 4.70. The van der Waals surface area contributed by atoms with Crippen molar-refractivity contribution in [1.82, 2.24) is 0 Å². The van der Waals surface area contributed by atoms with E-state index in [1.807, 2.05) is 0 Å². The van der Waals surface area contributed by atoms with Gasteiger partial charge in [0, 0.05) is 0 Å². The topological polar surface area (TPSA) is 66.5 Å². The van der Waals surface area contributed by atoms with Gasteiger partial charge in [0.05, 0.1) is 18.8 Å². The van der Waals surface area contributed by atoms with E-state index in [-0.39, 0.29) is 6.61 Å². The molecule has 3 nitrogen and oxygen atoms in total. The van der Waals surface area contributed by atoms with Crippen LogP contribution in [0.15, 0.2) is 0 Å². The van der Waals surface area contributed by atoms with Gasteiger partial charge in [-0.1, -0.05) is 64.7 Å². The number of aliphatic hydroxyl groups is 2. The SMILES string of the molecule is CCCCCCCCCCCC(O)[C@@H](N)CO. The molecule has 0 radical (unpaired) electrons. The molecule has 0 amide bonds. The van der Waals surface area contributed by atoms with Crippen molar-refractivity contribution < 1.29 is 10.2 Å². The Morgan fingerprint density at radius 1 is 0.882 bits per heavy atom. The van der Waals surface area contributed by atoms with Gasteiger partial charge in [-0.15, -0.1) is 0 Å². The van der Waals surface area contributed by atoms with Crippen molar-refractivity contribution in [2.45, 2.75) is 83.3 Å². The number of hydrogen-bond donors (Lipinski definition) is 3. The summed E-state index contributed by atoms with van der Waals surface area (Å²) in [6, 6.07) is -0.468. The van der Waals surface area contributed by atoms with Crippen molar-refractivity contribution in [3.05, 3.63) is 0 Å². The van der Waals surface area contributed by atoms with Crippen molar-refractivity contribution >= 4 is 0 Å². The van der Waals surface area contributed by atoms with E-state index in [0.717, 1.165) is 12.8 Å². The van der Waals surface area contributed by atoms with Gasteiger partial charge in [-0.25, -0.2) is 0 Å². The molecule has 0 saturated heterocycles. The van der Waals surface area contributed by atoms with E-state index in [0.29, 0.717) is 0 Å². The van der Waals surface area contributed by atoms with Gasteiger partial charge in [0.2, 0.25) is 0 Å². The molecular formula is C14H31NO2. The van der Waals surface area contributed by atoms with Gasteiger partial charge in [-0.05, 0) is 6.42 Å². The molecule has 0 rings (SSSR count). The fourth-order valence-corrected chi connectivity index (χ4v) is 2.00. The summed E-state index contributed by atoms with van der Waals surface area (Å²) in [4.78, 5) is 0. The lowest BCUT2D eigenvalue weighted by molar-refractivity contribution is 0.0990. The summed E-state index contributed by atoms with van der Waals surface area (Å²) in [6.07, 6.45) is 11.7. The Bertz CT molecular complexity index is 153. The maximum atomic E-state index is 9.53. The predicted octanol–water partition coefficient (Wildman–Crippen LogP) is 2.59. The molecule has 0 aliphatic carbocycles. The minimum Gasteiger partial charge on any atom is -0.395 e. The summed E-state index contributed by atoms with van der Waals surface area (Å²) < 4.78 is 0. The van der Waals surface area contributed by atoms with Crippen LogP contribution in [0.5, 0.6) is 0 Å². The van der Waals surface area contributed by atoms with Crippen molar-refractivity contribution in [3.8, 4) is 0 Å². The molecule has 0 aliphatic heterocycles.